The van der Waals surface area contributed by atoms with Crippen LogP contribution in [0, 0.1) is 11.6 Å². The Bertz CT molecular complexity index is 776. The summed E-state index contributed by atoms with van der Waals surface area (Å²) < 4.78 is 49.2. The number of hydrogen-bond donors (Lipinski definition) is 0. The number of ether oxygens (including phenoxy) is 3. The maximum Gasteiger partial charge on any atom is 0.423 e. The quantitative estimate of drug-likeness (QED) is 0.563. The standard InChI is InChI=1S/C17H21F2NO5/c1-17(2,3)15-9-20(16(21)25-15)13-8-14(12(19)7-11(13)18)24-10-23-6-5-22-4/h7-9H,5-6,10H2,1-4H3. The van der Waals surface area contributed by atoms with E-state index in [4.69, 9.17) is 18.6 Å². The SMILES string of the molecule is COCCOCOc1cc(-n2cc(C(C)(C)C)oc2=O)c(F)cc1F. The predicted molar refractivity (Wildman–Crippen MR) is 86.2 cm³/mol. The lowest BCUT2D eigenvalue weighted by Gasteiger charge is -2.13. The maximum absolute atomic E-state index is 14.1. The van der Waals surface area contributed by atoms with Gasteiger partial charge >= 0.3 is 5.76 Å². The van der Waals surface area contributed by atoms with E-state index in [1.165, 1.54) is 13.3 Å². The minimum Gasteiger partial charge on any atom is -0.464 e. The number of hydrogen-bond acceptors (Lipinski definition) is 5. The second-order valence-corrected chi connectivity index (χ2v) is 6.38. The van der Waals surface area contributed by atoms with Crippen LogP contribution in [0.25, 0.3) is 5.69 Å². The second kappa shape index (κ2) is 7.79. The highest BCUT2D eigenvalue weighted by atomic mass is 19.1. The van der Waals surface area contributed by atoms with Gasteiger partial charge in [-0.05, 0) is 0 Å². The fourth-order valence-electron chi connectivity index (χ4n) is 1.97. The van der Waals surface area contributed by atoms with Crippen molar-refractivity contribution < 1.29 is 27.4 Å². The molecule has 0 spiro atoms. The molecule has 0 fully saturated rings. The maximum atomic E-state index is 14.1. The van der Waals surface area contributed by atoms with Crippen molar-refractivity contribution >= 4 is 0 Å². The van der Waals surface area contributed by atoms with Crippen LogP contribution < -0.4 is 10.5 Å². The lowest BCUT2D eigenvalue weighted by atomic mass is 9.94. The Balaban J connectivity index is 2.28. The summed E-state index contributed by atoms with van der Waals surface area (Å²) in [6, 6.07) is 1.74. The summed E-state index contributed by atoms with van der Waals surface area (Å²) in [5.74, 6) is -2.43. The monoisotopic (exact) mass is 357 g/mol. The normalized spacial score (nSPS) is 11.8. The van der Waals surface area contributed by atoms with Crippen LogP contribution in [0.4, 0.5) is 8.78 Å². The van der Waals surface area contributed by atoms with E-state index in [0.29, 0.717) is 18.4 Å². The largest absolute Gasteiger partial charge is 0.464 e. The fraction of sp³-hybridized carbons (Fsp3) is 0.471. The fourth-order valence-corrected chi connectivity index (χ4v) is 1.97. The number of nitrogens with zero attached hydrogens (tertiary/aromatic N) is 1. The average molecular weight is 357 g/mol. The predicted octanol–water partition coefficient (Wildman–Crippen LogP) is 3.01. The van der Waals surface area contributed by atoms with Crippen molar-refractivity contribution in [2.45, 2.75) is 26.2 Å². The molecule has 0 aliphatic heterocycles. The van der Waals surface area contributed by atoms with Gasteiger partial charge in [-0.15, -0.1) is 0 Å². The number of halogens is 2. The molecule has 0 saturated carbocycles. The Hall–Kier alpha value is -2.19. The van der Waals surface area contributed by atoms with Crippen LogP contribution in [-0.4, -0.2) is 31.7 Å². The zero-order valence-electron chi connectivity index (χ0n) is 14.6. The molecule has 0 amide bonds. The molecular weight excluding hydrogens is 336 g/mol. The van der Waals surface area contributed by atoms with Crippen LogP contribution in [0.2, 0.25) is 0 Å². The third-order valence-electron chi connectivity index (χ3n) is 3.37. The molecule has 2 aromatic rings. The van der Waals surface area contributed by atoms with Crippen LogP contribution in [0.1, 0.15) is 26.5 Å². The number of oxazole rings is 1. The van der Waals surface area contributed by atoms with Crippen molar-refractivity contribution in [2.24, 2.45) is 0 Å². The Labute approximate surface area is 143 Å². The smallest absolute Gasteiger partial charge is 0.423 e. The van der Waals surface area contributed by atoms with Gasteiger partial charge in [0, 0.05) is 24.7 Å². The highest BCUT2D eigenvalue weighted by molar-refractivity contribution is 5.42. The van der Waals surface area contributed by atoms with Crippen molar-refractivity contribution in [1.82, 2.24) is 4.57 Å². The van der Waals surface area contributed by atoms with Gasteiger partial charge < -0.3 is 18.6 Å². The first kappa shape index (κ1) is 19.1. The van der Waals surface area contributed by atoms with Crippen molar-refractivity contribution in [2.75, 3.05) is 27.1 Å². The Morgan fingerprint density at radius 2 is 1.88 bits per heavy atom. The van der Waals surface area contributed by atoms with Crippen LogP contribution in [0.15, 0.2) is 27.5 Å². The highest BCUT2D eigenvalue weighted by Gasteiger charge is 2.22. The number of benzene rings is 1. The summed E-state index contributed by atoms with van der Waals surface area (Å²) in [5, 5.41) is 0. The summed E-state index contributed by atoms with van der Waals surface area (Å²) in [6.07, 6.45) is 1.39. The summed E-state index contributed by atoms with van der Waals surface area (Å²) in [6.45, 7) is 5.94. The van der Waals surface area contributed by atoms with Crippen LogP contribution in [-0.2, 0) is 14.9 Å². The third-order valence-corrected chi connectivity index (χ3v) is 3.37. The van der Waals surface area contributed by atoms with Crippen LogP contribution >= 0.6 is 0 Å². The van der Waals surface area contributed by atoms with Gasteiger partial charge in [0.15, 0.2) is 24.2 Å². The molecule has 0 radical (unpaired) electrons. The zero-order chi connectivity index (χ0) is 18.6. The topological polar surface area (TPSA) is 62.8 Å². The van der Waals surface area contributed by atoms with Crippen LogP contribution in [0.5, 0.6) is 5.75 Å². The number of methoxy groups -OCH3 is 1. The Kier molecular flexibility index (Phi) is 5.97. The van der Waals surface area contributed by atoms with Gasteiger partial charge in [0.1, 0.15) is 5.76 Å². The van der Waals surface area contributed by atoms with Crippen LogP contribution in [0.3, 0.4) is 0 Å². The first-order chi connectivity index (χ1) is 11.7. The molecule has 0 saturated heterocycles. The summed E-state index contributed by atoms with van der Waals surface area (Å²) >= 11 is 0. The molecule has 1 aromatic heterocycles. The first-order valence-electron chi connectivity index (χ1n) is 7.66. The molecule has 1 aromatic carbocycles. The molecule has 0 unspecified atom stereocenters. The number of rotatable bonds is 7. The van der Waals surface area contributed by atoms with E-state index in [1.807, 2.05) is 20.8 Å². The minimum atomic E-state index is -0.909. The Morgan fingerprint density at radius 1 is 1.16 bits per heavy atom. The molecule has 0 aliphatic rings. The average Bonchev–Trinajstić information content (AvgIpc) is 2.91. The van der Waals surface area contributed by atoms with E-state index in [-0.39, 0.29) is 24.8 Å². The molecule has 2 rings (SSSR count). The molecule has 0 aliphatic carbocycles. The van der Waals surface area contributed by atoms with Crippen molar-refractivity contribution in [3.63, 3.8) is 0 Å². The van der Waals surface area contributed by atoms with E-state index in [0.717, 1.165) is 10.6 Å². The van der Waals surface area contributed by atoms with Crippen molar-refractivity contribution in [3.05, 3.63) is 46.3 Å². The van der Waals surface area contributed by atoms with E-state index in [1.54, 1.807) is 0 Å². The van der Waals surface area contributed by atoms with Gasteiger partial charge in [-0.3, -0.25) is 0 Å². The molecule has 6 nitrogen and oxygen atoms in total. The van der Waals surface area contributed by atoms with E-state index in [2.05, 4.69) is 0 Å². The highest BCUT2D eigenvalue weighted by Crippen LogP contribution is 2.26. The summed E-state index contributed by atoms with van der Waals surface area (Å²) in [5.41, 5.74) is -0.604. The van der Waals surface area contributed by atoms with Gasteiger partial charge in [0.25, 0.3) is 0 Å². The number of aromatic nitrogens is 1. The van der Waals surface area contributed by atoms with E-state index >= 15 is 0 Å². The second-order valence-electron chi connectivity index (χ2n) is 6.38. The Morgan fingerprint density at radius 3 is 2.48 bits per heavy atom. The molecule has 1 heterocycles. The van der Waals surface area contributed by atoms with Gasteiger partial charge in [-0.25, -0.2) is 18.1 Å². The third kappa shape index (κ3) is 4.67. The molecule has 0 bridgehead atoms. The minimum absolute atomic E-state index is 0.169. The van der Waals surface area contributed by atoms with Crippen molar-refractivity contribution in [3.8, 4) is 11.4 Å². The lowest BCUT2D eigenvalue weighted by Crippen LogP contribution is -2.14. The van der Waals surface area contributed by atoms with Gasteiger partial charge in [0.05, 0.1) is 25.1 Å². The summed E-state index contributed by atoms with van der Waals surface area (Å²) in [7, 11) is 1.52. The zero-order valence-corrected chi connectivity index (χ0v) is 14.6. The molecule has 138 valence electrons. The van der Waals surface area contributed by atoms with Crippen molar-refractivity contribution in [1.29, 1.82) is 0 Å². The molecule has 25 heavy (non-hydrogen) atoms. The van der Waals surface area contributed by atoms with E-state index < -0.39 is 22.8 Å². The molecular formula is C17H21F2NO5. The molecule has 8 heteroatoms. The summed E-state index contributed by atoms with van der Waals surface area (Å²) in [4.78, 5) is 12.0. The first-order valence-corrected chi connectivity index (χ1v) is 7.66. The van der Waals surface area contributed by atoms with Gasteiger partial charge in [0.2, 0.25) is 0 Å². The van der Waals surface area contributed by atoms with Gasteiger partial charge in [-0.1, -0.05) is 20.8 Å². The molecule has 0 N–H and O–H groups in total. The van der Waals surface area contributed by atoms with Gasteiger partial charge in [-0.2, -0.15) is 0 Å². The lowest BCUT2D eigenvalue weighted by molar-refractivity contribution is -0.0101. The van der Waals surface area contributed by atoms with E-state index in [9.17, 15) is 13.6 Å². The molecule has 0 atom stereocenters.